The molecule has 0 spiro atoms. The van der Waals surface area contributed by atoms with Crippen molar-refractivity contribution in [3.8, 4) is 0 Å². The molecule has 3 nitrogen and oxygen atoms in total. The highest BCUT2D eigenvalue weighted by molar-refractivity contribution is 6.30. The predicted octanol–water partition coefficient (Wildman–Crippen LogP) is 2.61. The number of amides is 1. The zero-order valence-electron chi connectivity index (χ0n) is 10.7. The molecule has 0 unspecified atom stereocenters. The summed E-state index contributed by atoms with van der Waals surface area (Å²) in [7, 11) is 0. The van der Waals surface area contributed by atoms with Gasteiger partial charge < -0.3 is 11.1 Å². The molecule has 0 heterocycles. The second-order valence-corrected chi connectivity index (χ2v) is 5.45. The lowest BCUT2D eigenvalue weighted by atomic mass is 9.85. The van der Waals surface area contributed by atoms with E-state index in [-0.39, 0.29) is 22.7 Å². The van der Waals surface area contributed by atoms with E-state index in [1.165, 1.54) is 0 Å². The molecule has 1 aromatic rings. The van der Waals surface area contributed by atoms with Crippen molar-refractivity contribution in [2.75, 3.05) is 0 Å². The van der Waals surface area contributed by atoms with Crippen molar-refractivity contribution in [3.05, 3.63) is 34.6 Å². The third-order valence-corrected chi connectivity index (χ3v) is 4.03. The second-order valence-electron chi connectivity index (χ2n) is 5.04. The highest BCUT2D eigenvalue weighted by atomic mass is 35.5. The Morgan fingerprint density at radius 1 is 1.37 bits per heavy atom. The fourth-order valence-corrected chi connectivity index (χ4v) is 2.72. The summed E-state index contributed by atoms with van der Waals surface area (Å²) in [4.78, 5) is 11.1. The van der Waals surface area contributed by atoms with E-state index in [2.05, 4.69) is 5.32 Å². The van der Waals surface area contributed by atoms with E-state index in [0.717, 1.165) is 25.7 Å². The van der Waals surface area contributed by atoms with Gasteiger partial charge in [0.1, 0.15) is 5.82 Å². The Morgan fingerprint density at radius 3 is 2.68 bits per heavy atom. The average Bonchev–Trinajstić information content (AvgIpc) is 2.41. The van der Waals surface area contributed by atoms with Crippen LogP contribution in [0.1, 0.15) is 31.2 Å². The molecule has 1 aliphatic rings. The molecule has 0 saturated heterocycles. The molecule has 0 atom stereocenters. The molecule has 1 saturated carbocycles. The second kappa shape index (κ2) is 6.35. The number of rotatable bonds is 4. The summed E-state index contributed by atoms with van der Waals surface area (Å²) in [6, 6.07) is 5.32. The standard InChI is InChI=1S/C14H18ClFN2O/c15-12-3-1-2-10(13(12)16)8-18-11-6-4-9(5-7-11)14(17)19/h1-3,9,11,18H,4-8H2,(H2,17,19). The Bertz CT molecular complexity index is 459. The molecule has 3 N–H and O–H groups in total. The van der Waals surface area contributed by atoms with Crippen LogP contribution in [0.25, 0.3) is 0 Å². The zero-order valence-corrected chi connectivity index (χ0v) is 11.4. The molecule has 2 rings (SSSR count). The number of nitrogens with one attached hydrogen (secondary N) is 1. The van der Waals surface area contributed by atoms with Gasteiger partial charge in [-0.25, -0.2) is 4.39 Å². The van der Waals surface area contributed by atoms with Crippen LogP contribution in [0, 0.1) is 11.7 Å². The zero-order chi connectivity index (χ0) is 13.8. The van der Waals surface area contributed by atoms with Crippen molar-refractivity contribution in [1.82, 2.24) is 5.32 Å². The lowest BCUT2D eigenvalue weighted by Crippen LogP contribution is -2.36. The van der Waals surface area contributed by atoms with Crippen LogP contribution in [0.15, 0.2) is 18.2 Å². The smallest absolute Gasteiger partial charge is 0.220 e. The van der Waals surface area contributed by atoms with Crippen LogP contribution in [0.2, 0.25) is 5.02 Å². The highest BCUT2D eigenvalue weighted by Gasteiger charge is 2.24. The molecule has 19 heavy (non-hydrogen) atoms. The Hall–Kier alpha value is -1.13. The molecule has 1 aromatic carbocycles. The van der Waals surface area contributed by atoms with Crippen LogP contribution in [0.3, 0.4) is 0 Å². The molecule has 1 amide bonds. The predicted molar refractivity (Wildman–Crippen MR) is 73.2 cm³/mol. The van der Waals surface area contributed by atoms with E-state index in [9.17, 15) is 9.18 Å². The minimum atomic E-state index is -0.359. The first kappa shape index (κ1) is 14.3. The minimum Gasteiger partial charge on any atom is -0.369 e. The summed E-state index contributed by atoms with van der Waals surface area (Å²) >= 11 is 5.74. The molecule has 0 bridgehead atoms. The summed E-state index contributed by atoms with van der Waals surface area (Å²) in [5, 5.41) is 3.46. The van der Waals surface area contributed by atoms with Crippen molar-refractivity contribution in [3.63, 3.8) is 0 Å². The minimum absolute atomic E-state index is 0.000885. The fraction of sp³-hybridized carbons (Fsp3) is 0.500. The lowest BCUT2D eigenvalue weighted by Gasteiger charge is -2.27. The summed E-state index contributed by atoms with van der Waals surface area (Å²) in [6.07, 6.45) is 3.42. The molecule has 0 radical (unpaired) electrons. The Labute approximate surface area is 117 Å². The van der Waals surface area contributed by atoms with Gasteiger partial charge in [0.2, 0.25) is 5.91 Å². The van der Waals surface area contributed by atoms with E-state index in [0.29, 0.717) is 18.2 Å². The first-order chi connectivity index (χ1) is 9.08. The Kier molecular flexibility index (Phi) is 4.77. The average molecular weight is 285 g/mol. The number of hydrogen-bond donors (Lipinski definition) is 2. The van der Waals surface area contributed by atoms with Crippen molar-refractivity contribution >= 4 is 17.5 Å². The number of carbonyl (C=O) groups excluding carboxylic acids is 1. The SMILES string of the molecule is NC(=O)C1CCC(NCc2cccc(Cl)c2F)CC1. The van der Waals surface area contributed by atoms with Gasteiger partial charge in [-0.15, -0.1) is 0 Å². The molecular formula is C14H18ClFN2O. The molecule has 0 aromatic heterocycles. The molecular weight excluding hydrogens is 267 g/mol. The van der Waals surface area contributed by atoms with E-state index in [1.54, 1.807) is 18.2 Å². The third kappa shape index (κ3) is 3.67. The van der Waals surface area contributed by atoms with Crippen LogP contribution >= 0.6 is 11.6 Å². The normalized spacial score (nSPS) is 23.3. The lowest BCUT2D eigenvalue weighted by molar-refractivity contribution is -0.122. The van der Waals surface area contributed by atoms with Gasteiger partial charge in [-0.2, -0.15) is 0 Å². The Balaban J connectivity index is 1.84. The Morgan fingerprint density at radius 2 is 2.05 bits per heavy atom. The molecule has 5 heteroatoms. The largest absolute Gasteiger partial charge is 0.369 e. The van der Waals surface area contributed by atoms with Gasteiger partial charge >= 0.3 is 0 Å². The van der Waals surface area contributed by atoms with Crippen LogP contribution in [0.4, 0.5) is 4.39 Å². The topological polar surface area (TPSA) is 55.1 Å². The third-order valence-electron chi connectivity index (χ3n) is 3.74. The first-order valence-corrected chi connectivity index (χ1v) is 6.91. The maximum Gasteiger partial charge on any atom is 0.220 e. The van der Waals surface area contributed by atoms with Crippen molar-refractivity contribution in [2.45, 2.75) is 38.3 Å². The summed E-state index contributed by atoms with van der Waals surface area (Å²) < 4.78 is 13.7. The summed E-state index contributed by atoms with van der Waals surface area (Å²) in [6.45, 7) is 0.457. The highest BCUT2D eigenvalue weighted by Crippen LogP contribution is 2.24. The number of halogens is 2. The van der Waals surface area contributed by atoms with Crippen LogP contribution in [-0.2, 0) is 11.3 Å². The molecule has 0 aliphatic heterocycles. The van der Waals surface area contributed by atoms with E-state index < -0.39 is 0 Å². The van der Waals surface area contributed by atoms with Gasteiger partial charge in [0, 0.05) is 24.1 Å². The number of hydrogen-bond acceptors (Lipinski definition) is 2. The molecule has 1 fully saturated rings. The van der Waals surface area contributed by atoms with Gasteiger partial charge in [-0.3, -0.25) is 4.79 Å². The number of primary amides is 1. The summed E-state index contributed by atoms with van der Waals surface area (Å²) in [5.41, 5.74) is 5.86. The number of nitrogens with two attached hydrogens (primary N) is 1. The van der Waals surface area contributed by atoms with Gasteiger partial charge in [0.15, 0.2) is 0 Å². The van der Waals surface area contributed by atoms with E-state index in [4.69, 9.17) is 17.3 Å². The molecule has 104 valence electrons. The van der Waals surface area contributed by atoms with Crippen molar-refractivity contribution < 1.29 is 9.18 Å². The van der Waals surface area contributed by atoms with E-state index in [1.807, 2.05) is 0 Å². The van der Waals surface area contributed by atoms with Crippen molar-refractivity contribution in [1.29, 1.82) is 0 Å². The summed E-state index contributed by atoms with van der Waals surface area (Å²) in [5.74, 6) is -0.567. The first-order valence-electron chi connectivity index (χ1n) is 6.53. The monoisotopic (exact) mass is 284 g/mol. The maximum atomic E-state index is 13.7. The van der Waals surface area contributed by atoms with E-state index >= 15 is 0 Å². The van der Waals surface area contributed by atoms with Crippen LogP contribution in [0.5, 0.6) is 0 Å². The van der Waals surface area contributed by atoms with Gasteiger partial charge in [0.25, 0.3) is 0 Å². The number of benzene rings is 1. The number of carbonyl (C=O) groups is 1. The van der Waals surface area contributed by atoms with Gasteiger partial charge in [-0.1, -0.05) is 23.7 Å². The van der Waals surface area contributed by atoms with Gasteiger partial charge in [0.05, 0.1) is 5.02 Å². The maximum absolute atomic E-state index is 13.7. The van der Waals surface area contributed by atoms with Crippen LogP contribution < -0.4 is 11.1 Å². The fourth-order valence-electron chi connectivity index (χ4n) is 2.52. The van der Waals surface area contributed by atoms with Gasteiger partial charge in [-0.05, 0) is 31.7 Å². The quantitative estimate of drug-likeness (QED) is 0.893. The van der Waals surface area contributed by atoms with Crippen molar-refractivity contribution in [2.24, 2.45) is 11.7 Å². The molecule has 1 aliphatic carbocycles. The van der Waals surface area contributed by atoms with Crippen LogP contribution in [-0.4, -0.2) is 11.9 Å².